The summed E-state index contributed by atoms with van der Waals surface area (Å²) in [6.07, 6.45) is 0. The molecule has 2 aromatic rings. The summed E-state index contributed by atoms with van der Waals surface area (Å²) in [5.74, 6) is 0. The Morgan fingerprint density at radius 2 is 1.44 bits per heavy atom. The van der Waals surface area contributed by atoms with Crippen LogP contribution in [0.4, 0.5) is 5.69 Å². The van der Waals surface area contributed by atoms with E-state index in [0.29, 0.717) is 23.4 Å². The molecule has 1 aliphatic rings. The molecule has 0 radical (unpaired) electrons. The monoisotopic (exact) mass is 359 g/mol. The summed E-state index contributed by atoms with van der Waals surface area (Å²) in [4.78, 5) is 4.97. The van der Waals surface area contributed by atoms with Crippen LogP contribution in [0.25, 0.3) is 0 Å². The van der Waals surface area contributed by atoms with E-state index < -0.39 is 0 Å². The van der Waals surface area contributed by atoms with Crippen LogP contribution < -0.4 is 5.32 Å². The third kappa shape index (κ3) is 4.65. The molecular formula is C22H25N5. The highest BCUT2D eigenvalue weighted by Gasteiger charge is 2.17. The fourth-order valence-corrected chi connectivity index (χ4v) is 3.50. The Hall–Kier alpha value is -2.86. The van der Waals surface area contributed by atoms with Crippen molar-refractivity contribution in [3.63, 3.8) is 0 Å². The Kier molecular flexibility index (Phi) is 6.44. The number of hydrogen-bond acceptors (Lipinski definition) is 5. The lowest BCUT2D eigenvalue weighted by Crippen LogP contribution is -2.45. The van der Waals surface area contributed by atoms with Crippen molar-refractivity contribution in [3.8, 4) is 12.1 Å². The molecule has 27 heavy (non-hydrogen) atoms. The first kappa shape index (κ1) is 18.9. The maximum Gasteiger partial charge on any atom is 0.101 e. The van der Waals surface area contributed by atoms with Crippen LogP contribution in [0.2, 0.25) is 0 Å². The zero-order chi connectivity index (χ0) is 19.1. The second kappa shape index (κ2) is 9.19. The summed E-state index contributed by atoms with van der Waals surface area (Å²) in [5.41, 5.74) is 4.12. The van der Waals surface area contributed by atoms with Crippen molar-refractivity contribution >= 4 is 5.69 Å². The summed E-state index contributed by atoms with van der Waals surface area (Å²) < 4.78 is 0. The topological polar surface area (TPSA) is 66.1 Å². The van der Waals surface area contributed by atoms with Crippen molar-refractivity contribution in [3.05, 3.63) is 64.7 Å². The highest BCUT2D eigenvalue weighted by atomic mass is 15.3. The zero-order valence-electron chi connectivity index (χ0n) is 15.8. The fourth-order valence-electron chi connectivity index (χ4n) is 3.50. The average molecular weight is 359 g/mol. The van der Waals surface area contributed by atoms with Gasteiger partial charge in [-0.3, -0.25) is 4.90 Å². The summed E-state index contributed by atoms with van der Waals surface area (Å²) >= 11 is 0. The number of nitrogens with zero attached hydrogens (tertiary/aromatic N) is 4. The number of para-hydroxylation sites is 1. The van der Waals surface area contributed by atoms with E-state index in [9.17, 15) is 10.5 Å². The molecule has 1 heterocycles. The van der Waals surface area contributed by atoms with Gasteiger partial charge in [0.1, 0.15) is 12.1 Å². The highest BCUT2D eigenvalue weighted by Crippen LogP contribution is 2.22. The molecular weight excluding hydrogens is 334 g/mol. The normalized spacial score (nSPS) is 15.1. The van der Waals surface area contributed by atoms with E-state index in [0.717, 1.165) is 39.3 Å². The minimum atomic E-state index is 0.502. The third-order valence-electron chi connectivity index (χ3n) is 5.19. The van der Waals surface area contributed by atoms with Crippen molar-refractivity contribution < 1.29 is 0 Å². The van der Waals surface area contributed by atoms with E-state index in [1.54, 1.807) is 18.2 Å². The van der Waals surface area contributed by atoms with Crippen molar-refractivity contribution in [2.24, 2.45) is 0 Å². The molecule has 1 N–H and O–H groups in total. The molecule has 1 fully saturated rings. The van der Waals surface area contributed by atoms with E-state index in [1.165, 1.54) is 11.1 Å². The number of rotatable bonds is 6. The van der Waals surface area contributed by atoms with Crippen molar-refractivity contribution in [2.75, 3.05) is 38.0 Å². The molecule has 3 rings (SSSR count). The molecule has 0 atom stereocenters. The van der Waals surface area contributed by atoms with Crippen LogP contribution in [0.3, 0.4) is 0 Å². The first-order valence-corrected chi connectivity index (χ1v) is 9.43. The Morgan fingerprint density at radius 1 is 0.852 bits per heavy atom. The Morgan fingerprint density at radius 3 is 2.04 bits per heavy atom. The average Bonchev–Trinajstić information content (AvgIpc) is 2.73. The summed E-state index contributed by atoms with van der Waals surface area (Å²) in [5, 5.41) is 22.0. The number of nitrogens with one attached hydrogen (secondary N) is 1. The summed E-state index contributed by atoms with van der Waals surface area (Å²) in [6.45, 7) is 9.28. The smallest absolute Gasteiger partial charge is 0.101 e. The Balaban J connectivity index is 1.71. The maximum absolute atomic E-state index is 9.34. The van der Waals surface area contributed by atoms with Crippen LogP contribution in [0.1, 0.15) is 29.2 Å². The number of piperazine rings is 1. The Bertz CT molecular complexity index is 821. The molecule has 0 aromatic heterocycles. The van der Waals surface area contributed by atoms with Gasteiger partial charge in [-0.15, -0.1) is 0 Å². The number of hydrogen-bond donors (Lipinski definition) is 1. The molecule has 0 aliphatic carbocycles. The molecule has 0 unspecified atom stereocenters. The van der Waals surface area contributed by atoms with Gasteiger partial charge in [0.05, 0.1) is 16.8 Å². The van der Waals surface area contributed by atoms with Crippen LogP contribution in [0.5, 0.6) is 0 Å². The van der Waals surface area contributed by atoms with Crippen molar-refractivity contribution in [1.82, 2.24) is 9.80 Å². The molecule has 0 bridgehead atoms. The lowest BCUT2D eigenvalue weighted by atomic mass is 10.0. The minimum absolute atomic E-state index is 0.502. The van der Waals surface area contributed by atoms with E-state index in [4.69, 9.17) is 0 Å². The van der Waals surface area contributed by atoms with Gasteiger partial charge in [0, 0.05) is 39.3 Å². The zero-order valence-corrected chi connectivity index (χ0v) is 15.8. The molecule has 0 saturated carbocycles. The van der Waals surface area contributed by atoms with E-state index in [2.05, 4.69) is 52.4 Å². The quantitative estimate of drug-likeness (QED) is 0.858. The second-order valence-electron chi connectivity index (χ2n) is 6.78. The van der Waals surface area contributed by atoms with E-state index in [1.807, 2.05) is 6.07 Å². The van der Waals surface area contributed by atoms with Crippen molar-refractivity contribution in [2.45, 2.75) is 20.0 Å². The van der Waals surface area contributed by atoms with Gasteiger partial charge >= 0.3 is 0 Å². The SMILES string of the molecule is CCN1CCN(Cc2ccccc2CNc2c(C#N)cccc2C#N)CC1. The van der Waals surface area contributed by atoms with Crippen LogP contribution in [0.15, 0.2) is 42.5 Å². The number of benzene rings is 2. The Labute approximate surface area is 161 Å². The van der Waals surface area contributed by atoms with Crippen LogP contribution in [-0.4, -0.2) is 42.5 Å². The number of nitriles is 2. The van der Waals surface area contributed by atoms with Crippen LogP contribution in [0, 0.1) is 22.7 Å². The second-order valence-corrected chi connectivity index (χ2v) is 6.78. The molecule has 1 saturated heterocycles. The van der Waals surface area contributed by atoms with Gasteiger partial charge in [0.2, 0.25) is 0 Å². The van der Waals surface area contributed by atoms with Gasteiger partial charge in [-0.2, -0.15) is 10.5 Å². The number of anilines is 1. The van der Waals surface area contributed by atoms with Gasteiger partial charge in [-0.25, -0.2) is 0 Å². The fraction of sp³-hybridized carbons (Fsp3) is 0.364. The van der Waals surface area contributed by atoms with Gasteiger partial charge in [0.25, 0.3) is 0 Å². The first-order chi connectivity index (χ1) is 13.2. The molecule has 0 spiro atoms. The molecule has 138 valence electrons. The minimum Gasteiger partial charge on any atom is -0.379 e. The summed E-state index contributed by atoms with van der Waals surface area (Å²) in [6, 6.07) is 18.0. The lowest BCUT2D eigenvalue weighted by Gasteiger charge is -2.34. The molecule has 1 aliphatic heterocycles. The van der Waals surface area contributed by atoms with E-state index >= 15 is 0 Å². The first-order valence-electron chi connectivity index (χ1n) is 9.43. The predicted octanol–water partition coefficient (Wildman–Crippen LogP) is 3.18. The molecule has 5 nitrogen and oxygen atoms in total. The highest BCUT2D eigenvalue weighted by molar-refractivity contribution is 5.66. The van der Waals surface area contributed by atoms with Crippen LogP contribution >= 0.6 is 0 Å². The third-order valence-corrected chi connectivity index (χ3v) is 5.19. The van der Waals surface area contributed by atoms with Crippen molar-refractivity contribution in [1.29, 1.82) is 10.5 Å². The number of likely N-dealkylation sites (N-methyl/N-ethyl adjacent to an activating group) is 1. The molecule has 2 aromatic carbocycles. The molecule has 5 heteroatoms. The predicted molar refractivity (Wildman–Crippen MR) is 107 cm³/mol. The van der Waals surface area contributed by atoms with Gasteiger partial charge in [-0.05, 0) is 29.8 Å². The lowest BCUT2D eigenvalue weighted by molar-refractivity contribution is 0.131. The largest absolute Gasteiger partial charge is 0.379 e. The standard InChI is InChI=1S/C22H25N5/c1-2-26-10-12-27(13-11-26)17-21-7-4-3-6-20(21)16-25-22-18(14-23)8-5-9-19(22)15-24/h3-9,25H,2,10-13,16-17H2,1H3. The van der Waals surface area contributed by atoms with Crippen LogP contribution in [-0.2, 0) is 13.1 Å². The van der Waals surface area contributed by atoms with E-state index in [-0.39, 0.29) is 0 Å². The van der Waals surface area contributed by atoms with Gasteiger partial charge < -0.3 is 10.2 Å². The maximum atomic E-state index is 9.34. The van der Waals surface area contributed by atoms with Gasteiger partial charge in [0.15, 0.2) is 0 Å². The van der Waals surface area contributed by atoms with Gasteiger partial charge in [-0.1, -0.05) is 37.3 Å². The molecule has 0 amide bonds. The summed E-state index contributed by atoms with van der Waals surface area (Å²) in [7, 11) is 0.